The van der Waals surface area contributed by atoms with E-state index in [0.717, 1.165) is 5.69 Å². The van der Waals surface area contributed by atoms with Gasteiger partial charge in [-0.2, -0.15) is 0 Å². The molecule has 1 fully saturated rings. The number of amides is 1. The van der Waals surface area contributed by atoms with Crippen molar-refractivity contribution in [2.45, 2.75) is 52.3 Å². The fourth-order valence-electron chi connectivity index (χ4n) is 2.99. The van der Waals surface area contributed by atoms with Crippen LogP contribution in [0.5, 0.6) is 0 Å². The van der Waals surface area contributed by atoms with Crippen molar-refractivity contribution in [2.24, 2.45) is 0 Å². The summed E-state index contributed by atoms with van der Waals surface area (Å²) in [6.07, 6.45) is -0.618. The lowest BCUT2D eigenvalue weighted by molar-refractivity contribution is -0.140. The van der Waals surface area contributed by atoms with Gasteiger partial charge in [-0.1, -0.05) is 26.0 Å². The Morgan fingerprint density at radius 1 is 1.19 bits per heavy atom. The van der Waals surface area contributed by atoms with E-state index in [1.165, 1.54) is 5.56 Å². The molecule has 4 heteroatoms. The number of nitrogens with zero attached hydrogens (tertiary/aromatic N) is 2. The summed E-state index contributed by atoms with van der Waals surface area (Å²) >= 11 is 0. The number of benzene rings is 1. The average molecular weight is 290 g/mol. The summed E-state index contributed by atoms with van der Waals surface area (Å²) in [6, 6.07) is 8.18. The zero-order chi connectivity index (χ0) is 15.8. The molecule has 0 aromatic heterocycles. The molecule has 1 aromatic rings. The second kappa shape index (κ2) is 5.78. The highest BCUT2D eigenvalue weighted by Crippen LogP contribution is 2.29. The summed E-state index contributed by atoms with van der Waals surface area (Å²) < 4.78 is 0. The van der Waals surface area contributed by atoms with Crippen LogP contribution in [0.1, 0.15) is 46.1 Å². The Balaban J connectivity index is 2.31. The van der Waals surface area contributed by atoms with Crippen molar-refractivity contribution >= 4 is 11.6 Å². The SMILES string of the molecule is CC(C)c1cccc(N2CCN(C(C)O)C(C)(C)C2=O)c1. The standard InChI is InChI=1S/C17H26N2O2/c1-12(2)14-7-6-8-15(11-14)18-9-10-19(13(3)20)17(4,5)16(18)21/h6-8,11-13,20H,9-10H2,1-5H3. The number of aliphatic hydroxyl groups is 1. The molecule has 2 rings (SSSR count). The van der Waals surface area contributed by atoms with Gasteiger partial charge < -0.3 is 10.0 Å². The Hall–Kier alpha value is -1.39. The molecule has 1 saturated heterocycles. The van der Waals surface area contributed by atoms with Crippen molar-refractivity contribution in [1.29, 1.82) is 0 Å². The molecule has 0 saturated carbocycles. The van der Waals surface area contributed by atoms with E-state index < -0.39 is 11.8 Å². The summed E-state index contributed by atoms with van der Waals surface area (Å²) in [6.45, 7) is 11.0. The highest BCUT2D eigenvalue weighted by atomic mass is 16.3. The quantitative estimate of drug-likeness (QED) is 0.930. The van der Waals surface area contributed by atoms with E-state index in [0.29, 0.717) is 19.0 Å². The Kier molecular flexibility index (Phi) is 4.40. The Morgan fingerprint density at radius 2 is 1.86 bits per heavy atom. The molecule has 1 atom stereocenters. The highest BCUT2D eigenvalue weighted by molar-refractivity contribution is 6.00. The molecule has 0 bridgehead atoms. The van der Waals surface area contributed by atoms with Crippen molar-refractivity contribution in [3.63, 3.8) is 0 Å². The fourth-order valence-corrected chi connectivity index (χ4v) is 2.99. The van der Waals surface area contributed by atoms with Gasteiger partial charge in [0.2, 0.25) is 5.91 Å². The van der Waals surface area contributed by atoms with E-state index in [2.05, 4.69) is 26.0 Å². The van der Waals surface area contributed by atoms with Crippen LogP contribution in [0.2, 0.25) is 0 Å². The summed E-state index contributed by atoms with van der Waals surface area (Å²) in [7, 11) is 0. The zero-order valence-electron chi connectivity index (χ0n) is 13.6. The van der Waals surface area contributed by atoms with Gasteiger partial charge >= 0.3 is 0 Å². The van der Waals surface area contributed by atoms with Crippen LogP contribution >= 0.6 is 0 Å². The van der Waals surface area contributed by atoms with Gasteiger partial charge in [-0.05, 0) is 44.4 Å². The molecule has 1 amide bonds. The van der Waals surface area contributed by atoms with Gasteiger partial charge in [0.25, 0.3) is 0 Å². The third-order valence-electron chi connectivity index (χ3n) is 4.35. The van der Waals surface area contributed by atoms with Crippen molar-refractivity contribution in [3.8, 4) is 0 Å². The Bertz CT molecular complexity index is 523. The smallest absolute Gasteiger partial charge is 0.247 e. The van der Waals surface area contributed by atoms with Gasteiger partial charge in [-0.15, -0.1) is 0 Å². The van der Waals surface area contributed by atoms with Crippen LogP contribution in [0.15, 0.2) is 24.3 Å². The van der Waals surface area contributed by atoms with Gasteiger partial charge in [0.15, 0.2) is 0 Å². The first-order valence-electron chi connectivity index (χ1n) is 7.62. The number of carbonyl (C=O) groups is 1. The largest absolute Gasteiger partial charge is 0.379 e. The molecule has 21 heavy (non-hydrogen) atoms. The van der Waals surface area contributed by atoms with Crippen LogP contribution in [-0.4, -0.2) is 40.8 Å². The van der Waals surface area contributed by atoms with E-state index in [-0.39, 0.29) is 5.91 Å². The second-order valence-corrected chi connectivity index (χ2v) is 6.59. The molecule has 1 unspecified atom stereocenters. The predicted octanol–water partition coefficient (Wildman–Crippen LogP) is 2.58. The van der Waals surface area contributed by atoms with E-state index >= 15 is 0 Å². The third kappa shape index (κ3) is 2.97. The van der Waals surface area contributed by atoms with E-state index in [1.54, 1.807) is 6.92 Å². The maximum absolute atomic E-state index is 12.8. The summed E-state index contributed by atoms with van der Waals surface area (Å²) in [4.78, 5) is 16.5. The minimum atomic E-state index is -0.694. The van der Waals surface area contributed by atoms with Gasteiger partial charge in [-0.3, -0.25) is 9.69 Å². The third-order valence-corrected chi connectivity index (χ3v) is 4.35. The van der Waals surface area contributed by atoms with Crippen LogP contribution < -0.4 is 4.90 Å². The van der Waals surface area contributed by atoms with Crippen LogP contribution in [0.3, 0.4) is 0 Å². The lowest BCUT2D eigenvalue weighted by atomic mass is 9.95. The summed E-state index contributed by atoms with van der Waals surface area (Å²) in [5.41, 5.74) is 1.49. The van der Waals surface area contributed by atoms with Gasteiger partial charge in [-0.25, -0.2) is 0 Å². The number of anilines is 1. The number of hydrogen-bond donors (Lipinski definition) is 1. The van der Waals surface area contributed by atoms with Crippen LogP contribution in [-0.2, 0) is 4.79 Å². The summed E-state index contributed by atoms with van der Waals surface area (Å²) in [5, 5.41) is 9.86. The molecule has 1 N–H and O–H groups in total. The topological polar surface area (TPSA) is 43.8 Å². The normalized spacial score (nSPS) is 20.9. The van der Waals surface area contributed by atoms with E-state index in [1.807, 2.05) is 35.8 Å². The van der Waals surface area contributed by atoms with Crippen LogP contribution in [0.25, 0.3) is 0 Å². The van der Waals surface area contributed by atoms with E-state index in [4.69, 9.17) is 0 Å². The van der Waals surface area contributed by atoms with Gasteiger partial charge in [0.1, 0.15) is 6.23 Å². The molecule has 1 aliphatic heterocycles. The lowest BCUT2D eigenvalue weighted by Crippen LogP contribution is -2.65. The molecular weight excluding hydrogens is 264 g/mol. The molecule has 1 aromatic carbocycles. The number of piperazine rings is 1. The monoisotopic (exact) mass is 290 g/mol. The van der Waals surface area contributed by atoms with Crippen molar-refractivity contribution in [1.82, 2.24) is 4.90 Å². The number of carbonyl (C=O) groups excluding carboxylic acids is 1. The van der Waals surface area contributed by atoms with Crippen molar-refractivity contribution in [2.75, 3.05) is 18.0 Å². The molecule has 0 aliphatic carbocycles. The Labute approximate surface area is 127 Å². The Morgan fingerprint density at radius 3 is 2.43 bits per heavy atom. The molecule has 4 nitrogen and oxygen atoms in total. The first kappa shape index (κ1) is 16.0. The molecule has 116 valence electrons. The lowest BCUT2D eigenvalue weighted by Gasteiger charge is -2.47. The predicted molar refractivity (Wildman–Crippen MR) is 85.3 cm³/mol. The maximum atomic E-state index is 12.8. The molecule has 0 radical (unpaired) electrons. The molecule has 0 spiro atoms. The fraction of sp³-hybridized carbons (Fsp3) is 0.588. The second-order valence-electron chi connectivity index (χ2n) is 6.59. The number of hydrogen-bond acceptors (Lipinski definition) is 3. The summed E-state index contributed by atoms with van der Waals surface area (Å²) in [5.74, 6) is 0.474. The van der Waals surface area contributed by atoms with Crippen molar-refractivity contribution in [3.05, 3.63) is 29.8 Å². The number of aliphatic hydroxyl groups excluding tert-OH is 1. The first-order chi connectivity index (χ1) is 9.75. The molecule has 1 aliphatic rings. The maximum Gasteiger partial charge on any atom is 0.247 e. The molecule has 1 heterocycles. The van der Waals surface area contributed by atoms with Crippen molar-refractivity contribution < 1.29 is 9.90 Å². The van der Waals surface area contributed by atoms with Crippen LogP contribution in [0.4, 0.5) is 5.69 Å². The first-order valence-corrected chi connectivity index (χ1v) is 7.62. The van der Waals surface area contributed by atoms with Gasteiger partial charge in [0.05, 0.1) is 5.54 Å². The zero-order valence-corrected chi connectivity index (χ0v) is 13.6. The average Bonchev–Trinajstić information content (AvgIpc) is 2.41. The van der Waals surface area contributed by atoms with E-state index in [9.17, 15) is 9.90 Å². The molecular formula is C17H26N2O2. The van der Waals surface area contributed by atoms with Crippen LogP contribution in [0, 0.1) is 0 Å². The minimum absolute atomic E-state index is 0.0376. The minimum Gasteiger partial charge on any atom is -0.379 e. The van der Waals surface area contributed by atoms with Gasteiger partial charge in [0, 0.05) is 18.8 Å². The highest BCUT2D eigenvalue weighted by Gasteiger charge is 2.43. The number of rotatable bonds is 3.